The van der Waals surface area contributed by atoms with Gasteiger partial charge in [0, 0.05) is 38.0 Å². The van der Waals surface area contributed by atoms with Gasteiger partial charge in [0.15, 0.2) is 5.82 Å². The second kappa shape index (κ2) is 9.40. The van der Waals surface area contributed by atoms with Crippen LogP contribution in [-0.2, 0) is 24.4 Å². The molecule has 38 heavy (non-hydrogen) atoms. The van der Waals surface area contributed by atoms with Crippen molar-refractivity contribution in [1.29, 1.82) is 0 Å². The van der Waals surface area contributed by atoms with Crippen LogP contribution in [0, 0.1) is 6.92 Å². The predicted molar refractivity (Wildman–Crippen MR) is 134 cm³/mol. The molecule has 5 rings (SSSR count). The van der Waals surface area contributed by atoms with Crippen molar-refractivity contribution in [3.63, 3.8) is 0 Å². The third-order valence-corrected chi connectivity index (χ3v) is 7.69. The van der Waals surface area contributed by atoms with E-state index in [0.29, 0.717) is 53.1 Å². The molecule has 2 aliphatic heterocycles. The van der Waals surface area contributed by atoms with E-state index >= 15 is 0 Å². The van der Waals surface area contributed by atoms with Crippen molar-refractivity contribution < 1.29 is 22.7 Å². The molecule has 1 N–H and O–H groups in total. The molecule has 0 radical (unpaired) electrons. The van der Waals surface area contributed by atoms with Crippen molar-refractivity contribution in [2.75, 3.05) is 25.5 Å². The van der Waals surface area contributed by atoms with Crippen molar-refractivity contribution in [1.82, 2.24) is 29.6 Å². The van der Waals surface area contributed by atoms with Gasteiger partial charge in [-0.2, -0.15) is 18.3 Å². The van der Waals surface area contributed by atoms with E-state index in [4.69, 9.17) is 16.3 Å². The molecular formula is C25H27ClF3N7O2. The standard InChI is InChI=1S/C25H27ClF3N7O2/c1-13(16-10-19(38-4)30-11-18(16)26)22(37)36-8-7-24(12-36)6-5-15-9-17(14(2)31-20(15)33-24)21-32-23(25(27,28)29)35(3)34-21/h9-11,13H,5-8,12H2,1-4H3,(H,31,33)/t13-,24+/m1/s1. The minimum atomic E-state index is -4.60. The van der Waals surface area contributed by atoms with E-state index in [0.717, 1.165) is 23.1 Å². The first kappa shape index (κ1) is 26.2. The molecule has 3 aromatic heterocycles. The monoisotopic (exact) mass is 549 g/mol. The van der Waals surface area contributed by atoms with Crippen LogP contribution in [0.3, 0.4) is 0 Å². The molecule has 1 fully saturated rings. The number of nitrogens with zero attached hydrogens (tertiary/aromatic N) is 6. The fraction of sp³-hybridized carbons (Fsp3) is 0.480. The molecule has 0 unspecified atom stereocenters. The van der Waals surface area contributed by atoms with Crippen LogP contribution in [0.5, 0.6) is 5.88 Å². The summed E-state index contributed by atoms with van der Waals surface area (Å²) in [5.41, 5.74) is 2.19. The lowest BCUT2D eigenvalue weighted by molar-refractivity contribution is -0.147. The van der Waals surface area contributed by atoms with Gasteiger partial charge in [-0.3, -0.25) is 4.79 Å². The number of carbonyl (C=O) groups is 1. The number of anilines is 1. The SMILES string of the molecule is COc1cc([C@@H](C)C(=O)N2CC[C@@]3(CCc4cc(-c5nc(C(F)(F)F)n(C)n5)c(C)nc4N3)C2)c(Cl)cn1. The zero-order chi connectivity index (χ0) is 27.4. The van der Waals surface area contributed by atoms with E-state index in [1.165, 1.54) is 20.4 Å². The number of methoxy groups -OCH3 is 1. The highest BCUT2D eigenvalue weighted by molar-refractivity contribution is 6.31. The molecule has 2 atom stereocenters. The lowest BCUT2D eigenvalue weighted by Crippen LogP contribution is -2.46. The maximum Gasteiger partial charge on any atom is 0.451 e. The summed E-state index contributed by atoms with van der Waals surface area (Å²) in [6.07, 6.45) is -0.960. The summed E-state index contributed by atoms with van der Waals surface area (Å²) >= 11 is 6.33. The number of amides is 1. The normalized spacial score (nSPS) is 19.8. The number of pyridine rings is 2. The highest BCUT2D eigenvalue weighted by atomic mass is 35.5. The summed E-state index contributed by atoms with van der Waals surface area (Å²) in [5.74, 6) is -0.506. The van der Waals surface area contributed by atoms with Crippen LogP contribution in [0.1, 0.15) is 48.3 Å². The van der Waals surface area contributed by atoms with Crippen LogP contribution in [0.4, 0.5) is 19.0 Å². The van der Waals surface area contributed by atoms with Gasteiger partial charge >= 0.3 is 6.18 Å². The Balaban J connectivity index is 1.34. The van der Waals surface area contributed by atoms with Crippen molar-refractivity contribution in [2.45, 2.75) is 50.7 Å². The van der Waals surface area contributed by atoms with Gasteiger partial charge in [-0.1, -0.05) is 11.6 Å². The molecule has 13 heteroatoms. The molecule has 1 saturated heterocycles. The van der Waals surface area contributed by atoms with E-state index in [1.807, 2.05) is 17.9 Å². The van der Waals surface area contributed by atoms with Gasteiger partial charge in [0.25, 0.3) is 0 Å². The zero-order valence-corrected chi connectivity index (χ0v) is 22.1. The van der Waals surface area contributed by atoms with Crippen LogP contribution in [0.2, 0.25) is 5.02 Å². The van der Waals surface area contributed by atoms with E-state index in [9.17, 15) is 18.0 Å². The number of rotatable bonds is 4. The van der Waals surface area contributed by atoms with E-state index in [1.54, 1.807) is 13.0 Å². The van der Waals surface area contributed by atoms with Crippen LogP contribution < -0.4 is 10.1 Å². The van der Waals surface area contributed by atoms with Crippen LogP contribution in [-0.4, -0.2) is 61.3 Å². The Kier molecular flexibility index (Phi) is 6.49. The molecule has 3 aromatic rings. The average molecular weight is 550 g/mol. The number of hydrogen-bond acceptors (Lipinski definition) is 7. The largest absolute Gasteiger partial charge is 0.481 e. The van der Waals surface area contributed by atoms with Crippen molar-refractivity contribution in [3.05, 3.63) is 46.0 Å². The van der Waals surface area contributed by atoms with Gasteiger partial charge in [0.05, 0.1) is 29.3 Å². The van der Waals surface area contributed by atoms with Gasteiger partial charge in [-0.05, 0) is 50.3 Å². The average Bonchev–Trinajstić information content (AvgIpc) is 3.46. The Morgan fingerprint density at radius 2 is 2.03 bits per heavy atom. The molecule has 1 amide bonds. The second-order valence-corrected chi connectivity index (χ2v) is 10.3. The lowest BCUT2D eigenvalue weighted by Gasteiger charge is -2.36. The molecule has 1 spiro atoms. The van der Waals surface area contributed by atoms with Crippen LogP contribution >= 0.6 is 11.6 Å². The van der Waals surface area contributed by atoms with Gasteiger partial charge in [0.1, 0.15) is 5.82 Å². The highest BCUT2D eigenvalue weighted by Crippen LogP contribution is 2.39. The maximum atomic E-state index is 13.4. The van der Waals surface area contributed by atoms with Crippen LogP contribution in [0.25, 0.3) is 11.4 Å². The van der Waals surface area contributed by atoms with E-state index in [-0.39, 0.29) is 17.3 Å². The number of alkyl halides is 3. The van der Waals surface area contributed by atoms with Crippen molar-refractivity contribution in [2.24, 2.45) is 7.05 Å². The van der Waals surface area contributed by atoms with Crippen LogP contribution in [0.15, 0.2) is 18.3 Å². The van der Waals surface area contributed by atoms with Gasteiger partial charge in [-0.25, -0.2) is 19.6 Å². The summed E-state index contributed by atoms with van der Waals surface area (Å²) in [6.45, 7) is 4.64. The first-order chi connectivity index (χ1) is 17.9. The molecule has 2 aliphatic rings. The minimum absolute atomic E-state index is 0.00839. The number of nitrogens with one attached hydrogen (secondary N) is 1. The van der Waals surface area contributed by atoms with Gasteiger partial charge in [0.2, 0.25) is 17.6 Å². The van der Waals surface area contributed by atoms with Gasteiger partial charge in [-0.15, -0.1) is 0 Å². The van der Waals surface area contributed by atoms with Gasteiger partial charge < -0.3 is 15.0 Å². The number of halogens is 4. The summed E-state index contributed by atoms with van der Waals surface area (Å²) in [4.78, 5) is 27.7. The quantitative estimate of drug-likeness (QED) is 0.515. The summed E-state index contributed by atoms with van der Waals surface area (Å²) in [5, 5.41) is 7.92. The fourth-order valence-corrected chi connectivity index (χ4v) is 5.52. The van der Waals surface area contributed by atoms with E-state index < -0.39 is 17.9 Å². The lowest BCUT2D eigenvalue weighted by atomic mass is 9.86. The predicted octanol–water partition coefficient (Wildman–Crippen LogP) is 4.39. The number of aryl methyl sites for hydroxylation is 3. The maximum absolute atomic E-state index is 13.4. The highest BCUT2D eigenvalue weighted by Gasteiger charge is 2.44. The summed E-state index contributed by atoms with van der Waals surface area (Å²) in [6, 6.07) is 3.50. The topological polar surface area (TPSA) is 98.1 Å². The summed E-state index contributed by atoms with van der Waals surface area (Å²) in [7, 11) is 2.73. The second-order valence-electron chi connectivity index (χ2n) is 9.89. The van der Waals surface area contributed by atoms with Crippen molar-refractivity contribution in [3.8, 4) is 17.3 Å². The molecule has 9 nitrogen and oxygen atoms in total. The molecular weight excluding hydrogens is 523 g/mol. The Morgan fingerprint density at radius 3 is 2.71 bits per heavy atom. The van der Waals surface area contributed by atoms with Crippen molar-refractivity contribution >= 4 is 23.3 Å². The van der Waals surface area contributed by atoms with E-state index in [2.05, 4.69) is 25.4 Å². The first-order valence-electron chi connectivity index (χ1n) is 12.2. The molecule has 0 aromatic carbocycles. The molecule has 202 valence electrons. The first-order valence-corrected chi connectivity index (χ1v) is 12.5. The number of hydrogen-bond donors (Lipinski definition) is 1. The minimum Gasteiger partial charge on any atom is -0.481 e. The Labute approximate surface area is 222 Å². The Morgan fingerprint density at radius 1 is 1.26 bits per heavy atom. The number of ether oxygens (including phenoxy) is 1. The number of carbonyl (C=O) groups excluding carboxylic acids is 1. The third-order valence-electron chi connectivity index (χ3n) is 7.38. The number of likely N-dealkylation sites (tertiary alicyclic amines) is 1. The number of aromatic nitrogens is 5. The molecule has 5 heterocycles. The zero-order valence-electron chi connectivity index (χ0n) is 21.4. The summed E-state index contributed by atoms with van der Waals surface area (Å²) < 4.78 is 45.6. The fourth-order valence-electron chi connectivity index (χ4n) is 5.26. The third kappa shape index (κ3) is 4.65. The smallest absolute Gasteiger partial charge is 0.451 e. The Hall–Kier alpha value is -3.41. The number of fused-ring (bicyclic) bond motifs is 1. The Bertz CT molecular complexity index is 1410. The molecule has 0 bridgehead atoms. The molecule has 0 aliphatic carbocycles. The molecule has 0 saturated carbocycles.